The molecule has 148 valence electrons. The molecule has 1 N–H and O–H groups in total. The third kappa shape index (κ3) is 3.73. The second-order valence-corrected chi connectivity index (χ2v) is 7.28. The molecule has 1 amide bonds. The fourth-order valence-electron chi connectivity index (χ4n) is 3.28. The van der Waals surface area contributed by atoms with Gasteiger partial charge in [-0.3, -0.25) is 9.20 Å². The summed E-state index contributed by atoms with van der Waals surface area (Å²) < 4.78 is 3.66. The molecule has 0 aliphatic heterocycles. The van der Waals surface area contributed by atoms with Crippen molar-refractivity contribution >= 4 is 11.6 Å². The molecule has 4 aromatic rings. The van der Waals surface area contributed by atoms with Gasteiger partial charge in [0.1, 0.15) is 5.82 Å². The third-order valence-electron chi connectivity index (χ3n) is 4.76. The summed E-state index contributed by atoms with van der Waals surface area (Å²) in [6.45, 7) is 6.53. The topological polar surface area (TPSA) is 90.0 Å². The highest BCUT2D eigenvalue weighted by atomic mass is 16.2. The van der Waals surface area contributed by atoms with E-state index in [2.05, 4.69) is 25.8 Å². The highest BCUT2D eigenvalue weighted by molar-refractivity contribution is 5.93. The first kappa shape index (κ1) is 18.8. The third-order valence-corrected chi connectivity index (χ3v) is 4.76. The Hall–Kier alpha value is -3.55. The van der Waals surface area contributed by atoms with Crippen molar-refractivity contribution in [3.05, 3.63) is 71.4 Å². The summed E-state index contributed by atoms with van der Waals surface area (Å²) in [5.74, 6) is 0.654. The molecule has 4 rings (SSSR count). The van der Waals surface area contributed by atoms with E-state index < -0.39 is 0 Å². The molecule has 0 spiro atoms. The fourth-order valence-corrected chi connectivity index (χ4v) is 3.28. The van der Waals surface area contributed by atoms with E-state index in [0.29, 0.717) is 18.7 Å². The van der Waals surface area contributed by atoms with Gasteiger partial charge in [0.25, 0.3) is 5.91 Å². The Kier molecular flexibility index (Phi) is 5.07. The van der Waals surface area contributed by atoms with Crippen LogP contribution in [0.15, 0.2) is 48.7 Å². The van der Waals surface area contributed by atoms with E-state index in [9.17, 15) is 4.79 Å². The van der Waals surface area contributed by atoms with Crippen LogP contribution in [0.1, 0.15) is 47.3 Å². The van der Waals surface area contributed by atoms with Gasteiger partial charge in [0.05, 0.1) is 11.4 Å². The van der Waals surface area contributed by atoms with Gasteiger partial charge in [-0.15, -0.1) is 15.3 Å². The number of nitrogens with zero attached hydrogens (tertiary/aromatic N) is 6. The molecule has 0 aliphatic carbocycles. The first-order valence-electron chi connectivity index (χ1n) is 9.64. The van der Waals surface area contributed by atoms with Crippen molar-refractivity contribution in [2.75, 3.05) is 6.54 Å². The van der Waals surface area contributed by atoms with Crippen LogP contribution in [0.25, 0.3) is 11.3 Å². The minimum atomic E-state index is -0.235. The van der Waals surface area contributed by atoms with Crippen molar-refractivity contribution in [2.45, 2.75) is 33.1 Å². The molecule has 0 aliphatic rings. The number of carbonyl (C=O) groups is 1. The van der Waals surface area contributed by atoms with Crippen LogP contribution in [-0.4, -0.2) is 42.0 Å². The van der Waals surface area contributed by atoms with E-state index >= 15 is 0 Å². The number of carbonyl (C=O) groups excluding carboxylic acids is 1. The van der Waals surface area contributed by atoms with E-state index in [1.807, 2.05) is 73.8 Å². The maximum Gasteiger partial charge on any atom is 0.273 e. The number of pyridine rings is 1. The highest BCUT2D eigenvalue weighted by Crippen LogP contribution is 2.21. The monoisotopic (exact) mass is 389 g/mol. The number of rotatable bonds is 6. The number of nitrogens with one attached hydrogen (secondary N) is 1. The molecular weight excluding hydrogens is 366 g/mol. The van der Waals surface area contributed by atoms with Crippen LogP contribution in [0.2, 0.25) is 0 Å². The lowest BCUT2D eigenvalue weighted by Crippen LogP contribution is -2.28. The number of aryl methyl sites for hydroxylation is 1. The highest BCUT2D eigenvalue weighted by Gasteiger charge is 2.22. The number of amides is 1. The van der Waals surface area contributed by atoms with Crippen LogP contribution < -0.4 is 5.32 Å². The lowest BCUT2D eigenvalue weighted by atomic mass is 10.1. The molecule has 0 atom stereocenters. The SMILES string of the molecule is Cc1ccc(-n2nnc(C(=O)NCCc3nnc4ccccn34)c2C(C)C)cc1. The Bertz CT molecular complexity index is 1140. The molecule has 0 saturated carbocycles. The summed E-state index contributed by atoms with van der Waals surface area (Å²) in [7, 11) is 0. The molecule has 8 heteroatoms. The van der Waals surface area contributed by atoms with Gasteiger partial charge in [-0.1, -0.05) is 42.8 Å². The first-order valence-corrected chi connectivity index (χ1v) is 9.64. The van der Waals surface area contributed by atoms with Crippen molar-refractivity contribution < 1.29 is 4.79 Å². The summed E-state index contributed by atoms with van der Waals surface area (Å²) in [5.41, 5.74) is 3.99. The number of aromatic nitrogens is 6. The Labute approximate surface area is 168 Å². The van der Waals surface area contributed by atoms with Crippen molar-refractivity contribution in [1.29, 1.82) is 0 Å². The van der Waals surface area contributed by atoms with Gasteiger partial charge in [0, 0.05) is 19.2 Å². The summed E-state index contributed by atoms with van der Waals surface area (Å²) in [6.07, 6.45) is 2.48. The summed E-state index contributed by atoms with van der Waals surface area (Å²) in [4.78, 5) is 12.8. The van der Waals surface area contributed by atoms with Crippen LogP contribution in [-0.2, 0) is 6.42 Å². The van der Waals surface area contributed by atoms with Crippen molar-refractivity contribution in [1.82, 2.24) is 34.9 Å². The Balaban J connectivity index is 1.50. The van der Waals surface area contributed by atoms with Gasteiger partial charge < -0.3 is 5.32 Å². The first-order chi connectivity index (χ1) is 14.0. The van der Waals surface area contributed by atoms with Crippen molar-refractivity contribution in [3.63, 3.8) is 0 Å². The van der Waals surface area contributed by atoms with Gasteiger partial charge >= 0.3 is 0 Å². The zero-order valence-corrected chi connectivity index (χ0v) is 16.7. The molecule has 8 nitrogen and oxygen atoms in total. The van der Waals surface area contributed by atoms with Crippen LogP contribution in [0.4, 0.5) is 0 Å². The van der Waals surface area contributed by atoms with E-state index in [1.165, 1.54) is 5.56 Å². The van der Waals surface area contributed by atoms with Gasteiger partial charge in [-0.05, 0) is 37.1 Å². The zero-order chi connectivity index (χ0) is 20.4. The summed E-state index contributed by atoms with van der Waals surface area (Å²) >= 11 is 0. The summed E-state index contributed by atoms with van der Waals surface area (Å²) in [5, 5.41) is 19.7. The average molecular weight is 389 g/mol. The fraction of sp³-hybridized carbons (Fsp3) is 0.286. The maximum absolute atomic E-state index is 12.8. The second kappa shape index (κ2) is 7.83. The van der Waals surface area contributed by atoms with Crippen LogP contribution in [0.3, 0.4) is 0 Å². The Morgan fingerprint density at radius 2 is 1.86 bits per heavy atom. The lowest BCUT2D eigenvalue weighted by molar-refractivity contribution is 0.0947. The Morgan fingerprint density at radius 1 is 1.07 bits per heavy atom. The number of benzene rings is 1. The minimum absolute atomic E-state index is 0.0903. The van der Waals surface area contributed by atoms with Gasteiger partial charge in [-0.25, -0.2) is 4.68 Å². The van der Waals surface area contributed by atoms with E-state index in [-0.39, 0.29) is 11.8 Å². The summed E-state index contributed by atoms with van der Waals surface area (Å²) in [6, 6.07) is 13.7. The van der Waals surface area contributed by atoms with E-state index in [1.54, 1.807) is 4.68 Å². The van der Waals surface area contributed by atoms with E-state index in [4.69, 9.17) is 0 Å². The standard InChI is InChI=1S/C21H23N7O/c1-14(2)20-19(25-26-28(20)16-9-7-15(3)8-10-16)21(29)22-12-11-18-24-23-17-6-4-5-13-27(17)18/h4-10,13-14H,11-12H2,1-3H3,(H,22,29). The lowest BCUT2D eigenvalue weighted by Gasteiger charge is -2.11. The second-order valence-electron chi connectivity index (χ2n) is 7.28. The largest absolute Gasteiger partial charge is 0.350 e. The predicted octanol–water partition coefficient (Wildman–Crippen LogP) is 2.71. The molecular formula is C21H23N7O. The minimum Gasteiger partial charge on any atom is -0.350 e. The average Bonchev–Trinajstić information content (AvgIpc) is 3.33. The smallest absolute Gasteiger partial charge is 0.273 e. The Morgan fingerprint density at radius 3 is 2.62 bits per heavy atom. The van der Waals surface area contributed by atoms with Crippen molar-refractivity contribution in [3.8, 4) is 5.69 Å². The van der Waals surface area contributed by atoms with Gasteiger partial charge in [-0.2, -0.15) is 0 Å². The maximum atomic E-state index is 12.8. The van der Waals surface area contributed by atoms with Gasteiger partial charge in [0.2, 0.25) is 0 Å². The molecule has 0 radical (unpaired) electrons. The van der Waals surface area contributed by atoms with Crippen LogP contribution >= 0.6 is 0 Å². The molecule has 3 aromatic heterocycles. The quantitative estimate of drug-likeness (QED) is 0.548. The van der Waals surface area contributed by atoms with E-state index in [0.717, 1.165) is 22.9 Å². The van der Waals surface area contributed by atoms with Gasteiger partial charge in [0.15, 0.2) is 11.3 Å². The van der Waals surface area contributed by atoms with Crippen LogP contribution in [0, 0.1) is 6.92 Å². The number of fused-ring (bicyclic) bond motifs is 1. The molecule has 0 unspecified atom stereocenters. The molecule has 29 heavy (non-hydrogen) atoms. The molecule has 3 heterocycles. The predicted molar refractivity (Wildman–Crippen MR) is 109 cm³/mol. The van der Waals surface area contributed by atoms with Crippen LogP contribution in [0.5, 0.6) is 0 Å². The van der Waals surface area contributed by atoms with Crippen molar-refractivity contribution in [2.24, 2.45) is 0 Å². The normalized spacial score (nSPS) is 11.3. The molecule has 0 fully saturated rings. The zero-order valence-electron chi connectivity index (χ0n) is 16.7. The number of hydrogen-bond acceptors (Lipinski definition) is 5. The number of hydrogen-bond donors (Lipinski definition) is 1. The molecule has 1 aromatic carbocycles. The molecule has 0 saturated heterocycles. The molecule has 0 bridgehead atoms.